The molecule has 0 spiro atoms. The van der Waals surface area contributed by atoms with E-state index in [4.69, 9.17) is 5.26 Å². The van der Waals surface area contributed by atoms with E-state index in [2.05, 4.69) is 4.99 Å². The number of nitriles is 1. The molecule has 1 aromatic rings. The smallest absolute Gasteiger partial charge is 0.283 e. The SMILES string of the molecule is CC(CC1=NCC[SH]1c1ccc(SC#N)cc1)[N+](=O)[O-].[H+]. The van der Waals surface area contributed by atoms with Gasteiger partial charge in [0.15, 0.2) is 0 Å². The maximum atomic E-state index is 10.8. The predicted octanol–water partition coefficient (Wildman–Crippen LogP) is 3.20. The third-order valence-electron chi connectivity index (χ3n) is 3.08. The molecule has 1 aliphatic rings. The Morgan fingerprint density at radius 1 is 1.60 bits per heavy atom. The molecule has 5 nitrogen and oxygen atoms in total. The number of hydrogen-bond acceptors (Lipinski definition) is 5. The maximum absolute atomic E-state index is 10.8. The van der Waals surface area contributed by atoms with E-state index >= 15 is 0 Å². The third kappa shape index (κ3) is 3.52. The lowest BCUT2D eigenvalue weighted by atomic mass is 10.3. The van der Waals surface area contributed by atoms with Crippen LogP contribution >= 0.6 is 22.7 Å². The van der Waals surface area contributed by atoms with Gasteiger partial charge in [-0.2, -0.15) is 16.2 Å². The first-order chi connectivity index (χ1) is 9.61. The molecular weight excluding hydrogens is 294 g/mol. The highest BCUT2D eigenvalue weighted by atomic mass is 32.2. The summed E-state index contributed by atoms with van der Waals surface area (Å²) in [6, 6.07) is 7.31. The van der Waals surface area contributed by atoms with E-state index < -0.39 is 16.9 Å². The third-order valence-corrected chi connectivity index (χ3v) is 6.19. The van der Waals surface area contributed by atoms with Crippen LogP contribution in [0.4, 0.5) is 0 Å². The molecule has 1 heterocycles. The maximum Gasteiger partial charge on any atom is 1.00 e. The van der Waals surface area contributed by atoms with E-state index in [-0.39, 0.29) is 6.35 Å². The van der Waals surface area contributed by atoms with E-state index in [1.807, 2.05) is 29.7 Å². The van der Waals surface area contributed by atoms with Crippen molar-refractivity contribution in [2.45, 2.75) is 29.2 Å². The molecule has 20 heavy (non-hydrogen) atoms. The Morgan fingerprint density at radius 2 is 2.30 bits per heavy atom. The van der Waals surface area contributed by atoms with Crippen LogP contribution in [0.2, 0.25) is 0 Å². The fourth-order valence-corrected chi connectivity index (χ4v) is 4.79. The Labute approximate surface area is 126 Å². The zero-order chi connectivity index (χ0) is 14.5. The number of rotatable bonds is 5. The van der Waals surface area contributed by atoms with Crippen LogP contribution in [-0.2, 0) is 0 Å². The average molecular weight is 310 g/mol. The molecule has 2 atom stereocenters. The van der Waals surface area contributed by atoms with Crippen molar-refractivity contribution in [1.29, 1.82) is 5.26 Å². The van der Waals surface area contributed by atoms with Crippen LogP contribution in [0.1, 0.15) is 14.8 Å². The lowest BCUT2D eigenvalue weighted by Crippen LogP contribution is -2.18. The van der Waals surface area contributed by atoms with Gasteiger partial charge in [0, 0.05) is 29.0 Å². The second-order valence-electron chi connectivity index (χ2n) is 4.48. The summed E-state index contributed by atoms with van der Waals surface area (Å²) in [7, 11) is -0.529. The van der Waals surface area contributed by atoms with E-state index in [0.29, 0.717) is 6.42 Å². The van der Waals surface area contributed by atoms with Crippen molar-refractivity contribution >= 4 is 27.7 Å². The molecule has 0 fully saturated rings. The van der Waals surface area contributed by atoms with Crippen molar-refractivity contribution in [2.75, 3.05) is 12.3 Å². The van der Waals surface area contributed by atoms with Gasteiger partial charge in [0.1, 0.15) is 5.40 Å². The summed E-state index contributed by atoms with van der Waals surface area (Å²) in [5.41, 5.74) is 0. The van der Waals surface area contributed by atoms with Crippen molar-refractivity contribution in [3.63, 3.8) is 0 Å². The Balaban J connectivity index is 0.00000220. The lowest BCUT2D eigenvalue weighted by molar-refractivity contribution is -0.516. The van der Waals surface area contributed by atoms with Crippen molar-refractivity contribution in [3.05, 3.63) is 34.4 Å². The highest BCUT2D eigenvalue weighted by Crippen LogP contribution is 2.42. The van der Waals surface area contributed by atoms with E-state index in [1.165, 1.54) is 4.90 Å². The fourth-order valence-electron chi connectivity index (χ4n) is 2.03. The van der Waals surface area contributed by atoms with Gasteiger partial charge >= 0.3 is 1.43 Å². The van der Waals surface area contributed by atoms with Gasteiger partial charge in [-0.25, -0.2) is 0 Å². The Hall–Kier alpha value is -1.52. The van der Waals surface area contributed by atoms with Gasteiger partial charge in [-0.1, -0.05) is 0 Å². The number of nitro groups is 1. The zero-order valence-electron chi connectivity index (χ0n) is 12.0. The molecule has 1 aliphatic heterocycles. The number of aliphatic imine (C=N–C) groups is 1. The molecule has 0 saturated carbocycles. The van der Waals surface area contributed by atoms with Gasteiger partial charge in [0.05, 0.1) is 11.5 Å². The lowest BCUT2D eigenvalue weighted by Gasteiger charge is -2.18. The van der Waals surface area contributed by atoms with Gasteiger partial charge in [0.2, 0.25) is 6.04 Å². The number of thiol groups is 1. The van der Waals surface area contributed by atoms with Gasteiger partial charge in [-0.15, -0.1) is 0 Å². The topological polar surface area (TPSA) is 79.3 Å². The molecule has 0 saturated heterocycles. The Bertz CT molecular complexity index is 572. The molecule has 0 radical (unpaired) electrons. The summed E-state index contributed by atoms with van der Waals surface area (Å²) in [5.74, 6) is 0.972. The summed E-state index contributed by atoms with van der Waals surface area (Å²) in [6.07, 6.45) is 0.438. The van der Waals surface area contributed by atoms with Gasteiger partial charge < -0.3 is 0 Å². The Kier molecular flexibility index (Phi) is 5.04. The predicted molar refractivity (Wildman–Crippen MR) is 84.5 cm³/mol. The van der Waals surface area contributed by atoms with Crippen LogP contribution in [0, 0.1) is 20.8 Å². The van der Waals surface area contributed by atoms with E-state index in [9.17, 15) is 10.1 Å². The molecule has 0 N–H and O–H groups in total. The van der Waals surface area contributed by atoms with Crippen LogP contribution in [0.25, 0.3) is 0 Å². The molecule has 2 rings (SSSR count). The molecule has 0 aromatic heterocycles. The number of nitrogens with zero attached hydrogens (tertiary/aromatic N) is 3. The number of benzene rings is 1. The molecule has 1 aromatic carbocycles. The van der Waals surface area contributed by atoms with Crippen LogP contribution in [0.15, 0.2) is 39.0 Å². The van der Waals surface area contributed by atoms with Crippen LogP contribution in [-0.4, -0.2) is 28.3 Å². The van der Waals surface area contributed by atoms with Crippen LogP contribution in [0.5, 0.6) is 0 Å². The van der Waals surface area contributed by atoms with Crippen LogP contribution in [0.3, 0.4) is 0 Å². The minimum Gasteiger partial charge on any atom is -0.283 e. The quantitative estimate of drug-likeness (QED) is 0.298. The van der Waals surface area contributed by atoms with Gasteiger partial charge in [0.25, 0.3) is 0 Å². The standard InChI is InChI=1S/C13H15N3O2S2/c1-10(16(17)18)8-13-15-6-7-20(13)12-4-2-11(3-5-12)19-9-14/h2-5,10,20H,6-8H2,1H3/p+1. The normalized spacial score (nSPS) is 21.0. The summed E-state index contributed by atoms with van der Waals surface area (Å²) in [6.45, 7) is 2.39. The molecule has 0 aliphatic carbocycles. The fraction of sp³-hybridized carbons (Fsp3) is 0.385. The van der Waals surface area contributed by atoms with Crippen molar-refractivity contribution in [2.24, 2.45) is 4.99 Å². The molecule has 0 bridgehead atoms. The molecule has 106 valence electrons. The number of hydrogen-bond donors (Lipinski definition) is 1. The summed E-state index contributed by atoms with van der Waals surface area (Å²) < 4.78 is 0. The van der Waals surface area contributed by atoms with Crippen LogP contribution < -0.4 is 0 Å². The molecule has 0 amide bonds. The van der Waals surface area contributed by atoms with Gasteiger partial charge in [-0.3, -0.25) is 15.1 Å². The zero-order valence-corrected chi connectivity index (χ0v) is 12.7. The second kappa shape index (κ2) is 6.77. The monoisotopic (exact) mass is 310 g/mol. The van der Waals surface area contributed by atoms with E-state index in [1.54, 1.807) is 6.92 Å². The first-order valence-electron chi connectivity index (χ1n) is 6.22. The largest absolute Gasteiger partial charge is 1.00 e. The van der Waals surface area contributed by atoms with Crippen molar-refractivity contribution in [3.8, 4) is 5.40 Å². The number of thioether (sulfide) groups is 1. The molecular formula is C13H16N3O2S2+. The Morgan fingerprint density at radius 3 is 2.90 bits per heavy atom. The number of thiocyanates is 1. The van der Waals surface area contributed by atoms with Gasteiger partial charge in [-0.05, 0) is 40.9 Å². The van der Waals surface area contributed by atoms with Crippen molar-refractivity contribution < 1.29 is 6.35 Å². The van der Waals surface area contributed by atoms with Crippen molar-refractivity contribution in [1.82, 2.24) is 0 Å². The summed E-state index contributed by atoms with van der Waals surface area (Å²) in [5, 5.41) is 22.4. The highest BCUT2D eigenvalue weighted by molar-refractivity contribution is 8.30. The first kappa shape index (κ1) is 14.9. The highest BCUT2D eigenvalue weighted by Gasteiger charge is 2.25. The average Bonchev–Trinajstić information content (AvgIpc) is 2.88. The first-order valence-corrected chi connectivity index (χ1v) is 8.56. The summed E-state index contributed by atoms with van der Waals surface area (Å²) >= 11 is 1.14. The molecule has 7 heteroatoms. The summed E-state index contributed by atoms with van der Waals surface area (Å²) in [4.78, 5) is 17.1. The minimum atomic E-state index is -0.578. The molecule has 2 unspecified atom stereocenters. The second-order valence-corrected chi connectivity index (χ2v) is 7.67. The minimum absolute atomic E-state index is 0. The van der Waals surface area contributed by atoms with E-state index in [0.717, 1.165) is 34.0 Å².